The van der Waals surface area contributed by atoms with E-state index in [2.05, 4.69) is 10.00 Å². The van der Waals surface area contributed by atoms with E-state index in [9.17, 15) is 4.79 Å². The summed E-state index contributed by atoms with van der Waals surface area (Å²) in [5, 5.41) is 20.0. The summed E-state index contributed by atoms with van der Waals surface area (Å²) < 4.78 is 1.98. The molecular formula is C19H25N3O4. The Morgan fingerprint density at radius 1 is 1.27 bits per heavy atom. The molecule has 1 unspecified atom stereocenters. The van der Waals surface area contributed by atoms with Gasteiger partial charge in [0.25, 0.3) is 6.47 Å². The lowest BCUT2D eigenvalue weighted by Crippen LogP contribution is -2.23. The highest BCUT2D eigenvalue weighted by molar-refractivity contribution is 5.87. The standard InChI is InChI=1S/C18H23N3O2.CH2O2/c22-18(23)17-5-3-15(4-6-17)13-16-7-12-20(14-16)9-2-11-21-10-1-8-19-21;2-1-3/h1,3-6,8,10,16H,2,7,9,11-14H2,(H,22,23);1H,(H,2,3). The molecule has 1 aromatic carbocycles. The maximum Gasteiger partial charge on any atom is 0.335 e. The monoisotopic (exact) mass is 359 g/mol. The van der Waals surface area contributed by atoms with Crippen LogP contribution >= 0.6 is 0 Å². The maximum absolute atomic E-state index is 10.9. The molecule has 0 aliphatic carbocycles. The molecule has 26 heavy (non-hydrogen) atoms. The number of nitrogens with zero attached hydrogens (tertiary/aromatic N) is 3. The van der Waals surface area contributed by atoms with Crippen molar-refractivity contribution in [2.24, 2.45) is 5.92 Å². The third-order valence-corrected chi connectivity index (χ3v) is 4.52. The number of hydrogen-bond donors (Lipinski definition) is 2. The Morgan fingerprint density at radius 3 is 2.62 bits per heavy atom. The van der Waals surface area contributed by atoms with Gasteiger partial charge in [-0.05, 0) is 62.0 Å². The predicted octanol–water partition coefficient (Wildman–Crippen LogP) is 2.24. The van der Waals surface area contributed by atoms with Crippen LogP contribution in [-0.2, 0) is 17.8 Å². The molecule has 0 spiro atoms. The number of aromatic carboxylic acids is 1. The largest absolute Gasteiger partial charge is 0.483 e. The van der Waals surface area contributed by atoms with E-state index in [0.717, 1.165) is 39.0 Å². The minimum absolute atomic E-state index is 0.250. The third kappa shape index (κ3) is 6.33. The average molecular weight is 359 g/mol. The fraction of sp³-hybridized carbons (Fsp3) is 0.421. The van der Waals surface area contributed by atoms with Crippen LogP contribution in [0.25, 0.3) is 0 Å². The van der Waals surface area contributed by atoms with Gasteiger partial charge in [0.2, 0.25) is 0 Å². The molecule has 7 heteroatoms. The van der Waals surface area contributed by atoms with Crippen LogP contribution in [0.1, 0.15) is 28.8 Å². The number of aromatic nitrogens is 2. The van der Waals surface area contributed by atoms with Crippen molar-refractivity contribution < 1.29 is 19.8 Å². The van der Waals surface area contributed by atoms with Crippen LogP contribution in [0.4, 0.5) is 0 Å². The van der Waals surface area contributed by atoms with Crippen LogP contribution in [0, 0.1) is 5.92 Å². The first-order valence-electron chi connectivity index (χ1n) is 8.72. The van der Waals surface area contributed by atoms with Gasteiger partial charge in [-0.25, -0.2) is 4.79 Å². The van der Waals surface area contributed by atoms with Crippen molar-refractivity contribution >= 4 is 12.4 Å². The zero-order valence-electron chi connectivity index (χ0n) is 14.7. The number of carboxylic acid groups (broad SMARTS) is 2. The lowest BCUT2D eigenvalue weighted by atomic mass is 9.98. The van der Waals surface area contributed by atoms with Crippen LogP contribution in [0.5, 0.6) is 0 Å². The van der Waals surface area contributed by atoms with E-state index in [0.29, 0.717) is 11.5 Å². The molecule has 2 N–H and O–H groups in total. The number of carbonyl (C=O) groups is 2. The third-order valence-electron chi connectivity index (χ3n) is 4.52. The van der Waals surface area contributed by atoms with Gasteiger partial charge in [-0.1, -0.05) is 12.1 Å². The van der Waals surface area contributed by atoms with E-state index in [1.807, 2.05) is 35.3 Å². The van der Waals surface area contributed by atoms with Crippen molar-refractivity contribution in [1.82, 2.24) is 14.7 Å². The van der Waals surface area contributed by atoms with Crippen molar-refractivity contribution in [1.29, 1.82) is 0 Å². The Bertz CT molecular complexity index is 671. The molecule has 7 nitrogen and oxygen atoms in total. The van der Waals surface area contributed by atoms with Gasteiger partial charge in [0.15, 0.2) is 0 Å². The summed E-state index contributed by atoms with van der Waals surface area (Å²) in [6, 6.07) is 9.26. The molecule has 1 saturated heterocycles. The molecule has 0 radical (unpaired) electrons. The fourth-order valence-electron chi connectivity index (χ4n) is 3.29. The second kappa shape index (κ2) is 10.4. The normalized spacial score (nSPS) is 16.7. The summed E-state index contributed by atoms with van der Waals surface area (Å²) in [6.45, 7) is 4.15. The van der Waals surface area contributed by atoms with Gasteiger partial charge in [0.05, 0.1) is 5.56 Å². The zero-order chi connectivity index (χ0) is 18.8. The van der Waals surface area contributed by atoms with Crippen LogP contribution in [0.3, 0.4) is 0 Å². The SMILES string of the molecule is O=C(O)c1ccc(CC2CCN(CCCn3cccn3)C2)cc1.O=CO. The van der Waals surface area contributed by atoms with Gasteiger partial charge in [0, 0.05) is 25.5 Å². The van der Waals surface area contributed by atoms with E-state index in [1.54, 1.807) is 12.1 Å². The molecule has 140 valence electrons. The van der Waals surface area contributed by atoms with Gasteiger partial charge in [0.1, 0.15) is 0 Å². The van der Waals surface area contributed by atoms with E-state index in [4.69, 9.17) is 15.0 Å². The molecule has 3 rings (SSSR count). The number of hydrogen-bond acceptors (Lipinski definition) is 4. The first-order chi connectivity index (χ1) is 12.6. The van der Waals surface area contributed by atoms with E-state index in [-0.39, 0.29) is 6.47 Å². The van der Waals surface area contributed by atoms with Crippen LogP contribution in [-0.4, -0.2) is 57.0 Å². The first kappa shape index (κ1) is 19.7. The van der Waals surface area contributed by atoms with Crippen molar-refractivity contribution in [3.05, 3.63) is 53.9 Å². The van der Waals surface area contributed by atoms with Crippen molar-refractivity contribution in [3.63, 3.8) is 0 Å². The average Bonchev–Trinajstić information content (AvgIpc) is 3.28. The summed E-state index contributed by atoms with van der Waals surface area (Å²) in [7, 11) is 0. The second-order valence-electron chi connectivity index (χ2n) is 6.39. The molecule has 1 aliphatic heterocycles. The Hall–Kier alpha value is -2.67. The molecule has 2 heterocycles. The highest BCUT2D eigenvalue weighted by atomic mass is 16.4. The number of aryl methyl sites for hydroxylation is 1. The van der Waals surface area contributed by atoms with Crippen molar-refractivity contribution in [2.75, 3.05) is 19.6 Å². The number of benzene rings is 1. The smallest absolute Gasteiger partial charge is 0.335 e. The number of carboxylic acids is 1. The molecular weight excluding hydrogens is 334 g/mol. The number of likely N-dealkylation sites (tertiary alicyclic amines) is 1. The van der Waals surface area contributed by atoms with Crippen LogP contribution in [0.2, 0.25) is 0 Å². The molecule has 1 fully saturated rings. The van der Waals surface area contributed by atoms with Gasteiger partial charge in [-0.15, -0.1) is 0 Å². The fourth-order valence-corrected chi connectivity index (χ4v) is 3.29. The minimum atomic E-state index is -0.860. The summed E-state index contributed by atoms with van der Waals surface area (Å²) >= 11 is 0. The maximum atomic E-state index is 10.9. The molecule has 1 aromatic heterocycles. The minimum Gasteiger partial charge on any atom is -0.483 e. The molecule has 1 aliphatic rings. The van der Waals surface area contributed by atoms with Crippen molar-refractivity contribution in [2.45, 2.75) is 25.8 Å². The molecule has 0 saturated carbocycles. The summed E-state index contributed by atoms with van der Waals surface area (Å²) in [5.41, 5.74) is 1.60. The topological polar surface area (TPSA) is 95.7 Å². The van der Waals surface area contributed by atoms with Gasteiger partial charge in [-0.3, -0.25) is 9.48 Å². The Kier molecular flexibility index (Phi) is 7.82. The highest BCUT2D eigenvalue weighted by Gasteiger charge is 2.22. The molecule has 2 aromatic rings. The van der Waals surface area contributed by atoms with Crippen LogP contribution < -0.4 is 0 Å². The summed E-state index contributed by atoms with van der Waals surface area (Å²) in [5.74, 6) is -0.184. The zero-order valence-corrected chi connectivity index (χ0v) is 14.7. The van der Waals surface area contributed by atoms with Gasteiger partial charge >= 0.3 is 5.97 Å². The summed E-state index contributed by atoms with van der Waals surface area (Å²) in [4.78, 5) is 21.8. The van der Waals surface area contributed by atoms with Gasteiger partial charge < -0.3 is 15.1 Å². The number of rotatable bonds is 7. The molecule has 0 amide bonds. The van der Waals surface area contributed by atoms with Gasteiger partial charge in [-0.2, -0.15) is 5.10 Å². The van der Waals surface area contributed by atoms with E-state index < -0.39 is 5.97 Å². The Labute approximate surface area is 152 Å². The Morgan fingerprint density at radius 2 is 2.00 bits per heavy atom. The quantitative estimate of drug-likeness (QED) is 0.736. The first-order valence-corrected chi connectivity index (χ1v) is 8.72. The second-order valence-corrected chi connectivity index (χ2v) is 6.39. The van der Waals surface area contributed by atoms with E-state index in [1.165, 1.54) is 12.0 Å². The Balaban J connectivity index is 0.000000758. The predicted molar refractivity (Wildman–Crippen MR) is 97.2 cm³/mol. The van der Waals surface area contributed by atoms with Crippen molar-refractivity contribution in [3.8, 4) is 0 Å². The highest BCUT2D eigenvalue weighted by Crippen LogP contribution is 2.21. The van der Waals surface area contributed by atoms with E-state index >= 15 is 0 Å². The lowest BCUT2D eigenvalue weighted by molar-refractivity contribution is -0.122. The summed E-state index contributed by atoms with van der Waals surface area (Å²) in [6.07, 6.45) is 7.22. The van der Waals surface area contributed by atoms with Crippen LogP contribution in [0.15, 0.2) is 42.7 Å². The molecule has 1 atom stereocenters. The lowest BCUT2D eigenvalue weighted by Gasteiger charge is -2.16. The molecule has 0 bridgehead atoms.